The fraction of sp³-hybridized carbons (Fsp3) is 0.923. The van der Waals surface area contributed by atoms with Crippen LogP contribution in [0, 0.1) is 0 Å². The van der Waals surface area contributed by atoms with Gasteiger partial charge in [-0.1, -0.05) is 6.42 Å². The van der Waals surface area contributed by atoms with Crippen LogP contribution in [0.5, 0.6) is 0 Å². The summed E-state index contributed by atoms with van der Waals surface area (Å²) in [5.41, 5.74) is -0.564. The van der Waals surface area contributed by atoms with Crippen molar-refractivity contribution in [2.24, 2.45) is 0 Å². The summed E-state index contributed by atoms with van der Waals surface area (Å²) >= 11 is 1.86. The SMILES string of the molecule is CCOC(=O)C(C)(CCCCSCCCO)NC. The van der Waals surface area contributed by atoms with E-state index in [0.29, 0.717) is 6.61 Å². The van der Waals surface area contributed by atoms with Crippen LogP contribution in [-0.4, -0.2) is 48.4 Å². The molecule has 0 aromatic carbocycles. The van der Waals surface area contributed by atoms with Gasteiger partial charge in [-0.2, -0.15) is 11.8 Å². The number of rotatable bonds is 11. The number of nitrogens with one attached hydrogen (secondary N) is 1. The summed E-state index contributed by atoms with van der Waals surface area (Å²) in [6.45, 7) is 4.41. The minimum Gasteiger partial charge on any atom is -0.465 e. The van der Waals surface area contributed by atoms with Crippen molar-refractivity contribution in [1.82, 2.24) is 5.32 Å². The summed E-state index contributed by atoms with van der Waals surface area (Å²) in [7, 11) is 1.80. The number of ether oxygens (including phenoxy) is 1. The lowest BCUT2D eigenvalue weighted by Crippen LogP contribution is -2.48. The molecular weight excluding hydrogens is 250 g/mol. The Labute approximate surface area is 115 Å². The summed E-state index contributed by atoms with van der Waals surface area (Å²) in [4.78, 5) is 11.8. The molecule has 0 fully saturated rings. The summed E-state index contributed by atoms with van der Waals surface area (Å²) in [6.07, 6.45) is 3.75. The zero-order chi connectivity index (χ0) is 13.9. The van der Waals surface area contributed by atoms with Crippen LogP contribution < -0.4 is 5.32 Å². The minimum absolute atomic E-state index is 0.166. The van der Waals surface area contributed by atoms with Gasteiger partial charge in [0, 0.05) is 6.61 Å². The monoisotopic (exact) mass is 277 g/mol. The van der Waals surface area contributed by atoms with Crippen molar-refractivity contribution in [3.63, 3.8) is 0 Å². The smallest absolute Gasteiger partial charge is 0.326 e. The van der Waals surface area contributed by atoms with E-state index in [2.05, 4.69) is 5.32 Å². The third-order valence-corrected chi connectivity index (χ3v) is 4.09. The van der Waals surface area contributed by atoms with E-state index in [9.17, 15) is 4.79 Å². The van der Waals surface area contributed by atoms with Gasteiger partial charge in [0.1, 0.15) is 5.54 Å². The molecule has 0 spiro atoms. The highest BCUT2D eigenvalue weighted by atomic mass is 32.2. The number of carbonyl (C=O) groups is 1. The summed E-state index contributed by atoms with van der Waals surface area (Å²) in [6, 6.07) is 0. The molecule has 0 aliphatic carbocycles. The number of thioether (sulfide) groups is 1. The van der Waals surface area contributed by atoms with Crippen molar-refractivity contribution in [2.75, 3.05) is 31.8 Å². The Kier molecular flexibility index (Phi) is 10.5. The van der Waals surface area contributed by atoms with Crippen LogP contribution >= 0.6 is 11.8 Å². The molecule has 1 unspecified atom stereocenters. The molecule has 0 rings (SSSR count). The number of hydrogen-bond donors (Lipinski definition) is 2. The molecule has 0 bridgehead atoms. The van der Waals surface area contributed by atoms with Crippen LogP contribution in [0.2, 0.25) is 0 Å². The second-order valence-electron chi connectivity index (χ2n) is 4.45. The van der Waals surface area contributed by atoms with Crippen LogP contribution in [0.4, 0.5) is 0 Å². The molecule has 0 heterocycles. The Balaban J connectivity index is 3.76. The van der Waals surface area contributed by atoms with E-state index in [1.165, 1.54) is 0 Å². The zero-order valence-corrected chi connectivity index (χ0v) is 12.6. The van der Waals surface area contributed by atoms with Crippen LogP contribution in [0.15, 0.2) is 0 Å². The molecular formula is C13H27NO3S. The predicted octanol–water partition coefficient (Wildman–Crippen LogP) is 1.81. The number of esters is 1. The third kappa shape index (κ3) is 7.24. The molecule has 2 N–H and O–H groups in total. The van der Waals surface area contributed by atoms with Gasteiger partial charge in [0.25, 0.3) is 0 Å². The molecule has 0 radical (unpaired) electrons. The van der Waals surface area contributed by atoms with Crippen molar-refractivity contribution in [3.05, 3.63) is 0 Å². The van der Waals surface area contributed by atoms with Crippen LogP contribution in [0.3, 0.4) is 0 Å². The van der Waals surface area contributed by atoms with E-state index in [4.69, 9.17) is 9.84 Å². The van der Waals surface area contributed by atoms with Gasteiger partial charge in [-0.05, 0) is 51.7 Å². The van der Waals surface area contributed by atoms with Gasteiger partial charge in [-0.25, -0.2) is 0 Å². The van der Waals surface area contributed by atoms with Crippen molar-refractivity contribution in [1.29, 1.82) is 0 Å². The highest BCUT2D eigenvalue weighted by Gasteiger charge is 2.31. The zero-order valence-electron chi connectivity index (χ0n) is 11.8. The van der Waals surface area contributed by atoms with Crippen LogP contribution in [0.1, 0.15) is 39.5 Å². The number of aliphatic hydroxyl groups excluding tert-OH is 1. The molecule has 4 nitrogen and oxygen atoms in total. The Morgan fingerprint density at radius 2 is 2.00 bits per heavy atom. The average molecular weight is 277 g/mol. The summed E-state index contributed by atoms with van der Waals surface area (Å²) in [5, 5.41) is 11.7. The maximum absolute atomic E-state index is 11.8. The molecule has 0 amide bonds. The van der Waals surface area contributed by atoms with Gasteiger partial charge in [0.2, 0.25) is 0 Å². The fourth-order valence-corrected chi connectivity index (χ4v) is 2.52. The summed E-state index contributed by atoms with van der Waals surface area (Å²) in [5.74, 6) is 1.93. The number of carbonyl (C=O) groups excluding carboxylic acids is 1. The van der Waals surface area contributed by atoms with Gasteiger partial charge >= 0.3 is 5.97 Å². The van der Waals surface area contributed by atoms with E-state index < -0.39 is 5.54 Å². The fourth-order valence-electron chi connectivity index (χ4n) is 1.57. The third-order valence-electron chi connectivity index (χ3n) is 2.94. The first kappa shape index (κ1) is 17.7. The molecule has 0 saturated carbocycles. The van der Waals surface area contributed by atoms with E-state index in [-0.39, 0.29) is 12.6 Å². The molecule has 0 aliphatic rings. The highest BCUT2D eigenvalue weighted by Crippen LogP contribution is 2.17. The molecule has 108 valence electrons. The van der Waals surface area contributed by atoms with E-state index in [0.717, 1.165) is 37.2 Å². The van der Waals surface area contributed by atoms with Crippen molar-refractivity contribution in [2.45, 2.75) is 45.1 Å². The van der Waals surface area contributed by atoms with Crippen molar-refractivity contribution >= 4 is 17.7 Å². The molecule has 0 saturated heterocycles. The maximum Gasteiger partial charge on any atom is 0.326 e. The first-order chi connectivity index (χ1) is 8.60. The molecule has 18 heavy (non-hydrogen) atoms. The largest absolute Gasteiger partial charge is 0.465 e. The topological polar surface area (TPSA) is 58.6 Å². The highest BCUT2D eigenvalue weighted by molar-refractivity contribution is 7.99. The minimum atomic E-state index is -0.564. The lowest BCUT2D eigenvalue weighted by atomic mass is 9.95. The van der Waals surface area contributed by atoms with Gasteiger partial charge in [0.15, 0.2) is 0 Å². The second-order valence-corrected chi connectivity index (χ2v) is 5.67. The van der Waals surface area contributed by atoms with E-state index in [1.807, 2.05) is 25.6 Å². The lowest BCUT2D eigenvalue weighted by Gasteiger charge is -2.26. The van der Waals surface area contributed by atoms with Gasteiger partial charge in [-0.15, -0.1) is 0 Å². The number of unbranched alkanes of at least 4 members (excludes halogenated alkanes) is 1. The van der Waals surface area contributed by atoms with Crippen LogP contribution in [0.25, 0.3) is 0 Å². The molecule has 0 aliphatic heterocycles. The Morgan fingerprint density at radius 3 is 2.56 bits per heavy atom. The second kappa shape index (κ2) is 10.6. The first-order valence-corrected chi connectivity index (χ1v) is 7.81. The number of hydrogen-bond acceptors (Lipinski definition) is 5. The van der Waals surface area contributed by atoms with Gasteiger partial charge < -0.3 is 15.2 Å². The molecule has 1 atom stereocenters. The molecule has 0 aromatic rings. The quantitative estimate of drug-likeness (QED) is 0.445. The predicted molar refractivity (Wildman–Crippen MR) is 77.0 cm³/mol. The van der Waals surface area contributed by atoms with Crippen molar-refractivity contribution < 1.29 is 14.6 Å². The number of aliphatic hydroxyl groups is 1. The number of likely N-dealkylation sites (N-methyl/N-ethyl adjacent to an activating group) is 1. The van der Waals surface area contributed by atoms with Crippen molar-refractivity contribution in [3.8, 4) is 0 Å². The Morgan fingerprint density at radius 1 is 1.33 bits per heavy atom. The standard InChI is InChI=1S/C13H27NO3S/c1-4-17-12(16)13(2,14-3)8-5-6-10-18-11-7-9-15/h14-15H,4-11H2,1-3H3. The van der Waals surface area contributed by atoms with E-state index in [1.54, 1.807) is 7.05 Å². The molecule has 0 aromatic heterocycles. The first-order valence-electron chi connectivity index (χ1n) is 6.65. The Hall–Kier alpha value is -0.260. The van der Waals surface area contributed by atoms with Gasteiger partial charge in [-0.3, -0.25) is 4.79 Å². The normalized spacial score (nSPS) is 14.2. The lowest BCUT2D eigenvalue weighted by molar-refractivity contribution is -0.150. The maximum atomic E-state index is 11.8. The average Bonchev–Trinajstić information content (AvgIpc) is 2.37. The summed E-state index contributed by atoms with van der Waals surface area (Å²) < 4.78 is 5.07. The van der Waals surface area contributed by atoms with Crippen LogP contribution in [-0.2, 0) is 9.53 Å². The molecule has 5 heteroatoms. The van der Waals surface area contributed by atoms with E-state index >= 15 is 0 Å². The Bertz CT molecular complexity index is 226. The van der Waals surface area contributed by atoms with Gasteiger partial charge in [0.05, 0.1) is 6.61 Å².